The van der Waals surface area contributed by atoms with Crippen LogP contribution in [-0.4, -0.2) is 23.0 Å². The summed E-state index contributed by atoms with van der Waals surface area (Å²) in [5.41, 5.74) is 2.79. The molecule has 0 saturated carbocycles. The Bertz CT molecular complexity index is 994. The molecule has 140 valence electrons. The highest BCUT2D eigenvalue weighted by atomic mass is 16.5. The highest BCUT2D eigenvalue weighted by molar-refractivity contribution is 5.81. The van der Waals surface area contributed by atoms with Gasteiger partial charge in [-0.25, -0.2) is 0 Å². The number of piperidine rings is 1. The molecular formula is C23H26N2O2. The number of aromatic amines is 1. The van der Waals surface area contributed by atoms with E-state index in [1.807, 2.05) is 55.5 Å². The largest absolute Gasteiger partial charge is 0.457 e. The molecule has 0 radical (unpaired) electrons. The van der Waals surface area contributed by atoms with Crippen molar-refractivity contribution >= 4 is 10.9 Å². The molecule has 3 aromatic rings. The van der Waals surface area contributed by atoms with Crippen molar-refractivity contribution in [2.45, 2.75) is 33.2 Å². The fourth-order valence-electron chi connectivity index (χ4n) is 3.96. The second-order valence-electron chi connectivity index (χ2n) is 7.66. The Morgan fingerprint density at radius 1 is 1.15 bits per heavy atom. The lowest BCUT2D eigenvalue weighted by atomic mass is 9.99. The van der Waals surface area contributed by atoms with Gasteiger partial charge in [-0.2, -0.15) is 0 Å². The lowest BCUT2D eigenvalue weighted by Gasteiger charge is -2.31. The monoisotopic (exact) mass is 362 g/mol. The van der Waals surface area contributed by atoms with Gasteiger partial charge in [0.2, 0.25) is 0 Å². The van der Waals surface area contributed by atoms with Crippen molar-refractivity contribution in [1.29, 1.82) is 0 Å². The number of hydrogen-bond acceptors (Lipinski definition) is 3. The number of hydrogen-bond donors (Lipinski definition) is 1. The molecule has 1 N–H and O–H groups in total. The summed E-state index contributed by atoms with van der Waals surface area (Å²) < 4.78 is 5.91. The van der Waals surface area contributed by atoms with Crippen molar-refractivity contribution in [3.63, 3.8) is 0 Å². The molecule has 2 heterocycles. The normalized spacial score (nSPS) is 17.9. The quantitative estimate of drug-likeness (QED) is 0.721. The molecule has 27 heavy (non-hydrogen) atoms. The zero-order valence-electron chi connectivity index (χ0n) is 16.0. The predicted octanol–water partition coefficient (Wildman–Crippen LogP) is 4.86. The summed E-state index contributed by atoms with van der Waals surface area (Å²) in [5.74, 6) is 2.15. The molecule has 4 nitrogen and oxygen atoms in total. The van der Waals surface area contributed by atoms with E-state index in [1.54, 1.807) is 0 Å². The molecule has 1 fully saturated rings. The van der Waals surface area contributed by atoms with Gasteiger partial charge in [0.05, 0.1) is 0 Å². The third-order valence-corrected chi connectivity index (χ3v) is 5.39. The van der Waals surface area contributed by atoms with Gasteiger partial charge in [-0.3, -0.25) is 9.69 Å². The zero-order valence-corrected chi connectivity index (χ0v) is 16.0. The van der Waals surface area contributed by atoms with E-state index in [1.165, 1.54) is 12.8 Å². The highest BCUT2D eigenvalue weighted by Crippen LogP contribution is 2.25. The van der Waals surface area contributed by atoms with Crippen LogP contribution in [0.2, 0.25) is 0 Å². The number of fused-ring (bicyclic) bond motifs is 1. The third-order valence-electron chi connectivity index (χ3n) is 5.39. The van der Waals surface area contributed by atoms with E-state index in [9.17, 15) is 4.79 Å². The number of H-pyrrole nitrogens is 1. The minimum atomic E-state index is 0.109. The molecule has 1 unspecified atom stereocenters. The Morgan fingerprint density at radius 2 is 1.96 bits per heavy atom. The van der Waals surface area contributed by atoms with Crippen LogP contribution < -0.4 is 10.2 Å². The number of rotatable bonds is 4. The van der Waals surface area contributed by atoms with Crippen molar-refractivity contribution in [1.82, 2.24) is 9.88 Å². The predicted molar refractivity (Wildman–Crippen MR) is 109 cm³/mol. The second-order valence-corrected chi connectivity index (χ2v) is 7.66. The van der Waals surface area contributed by atoms with Crippen LogP contribution in [0, 0.1) is 12.8 Å². The number of nitrogens with zero attached hydrogens (tertiary/aromatic N) is 1. The smallest absolute Gasteiger partial charge is 0.194 e. The molecule has 1 aliphatic heterocycles. The molecule has 0 bridgehead atoms. The Kier molecular flexibility index (Phi) is 4.99. The Hall–Kier alpha value is -2.59. The van der Waals surface area contributed by atoms with Gasteiger partial charge in [-0.05, 0) is 62.6 Å². The summed E-state index contributed by atoms with van der Waals surface area (Å²) in [6, 6.07) is 15.3. The van der Waals surface area contributed by atoms with Crippen LogP contribution in [0.15, 0.2) is 53.3 Å². The highest BCUT2D eigenvalue weighted by Gasteiger charge is 2.19. The van der Waals surface area contributed by atoms with Gasteiger partial charge in [-0.15, -0.1) is 0 Å². The van der Waals surface area contributed by atoms with Gasteiger partial charge in [0.25, 0.3) is 0 Å². The van der Waals surface area contributed by atoms with Crippen LogP contribution in [0.3, 0.4) is 0 Å². The molecule has 2 aromatic carbocycles. The van der Waals surface area contributed by atoms with Crippen LogP contribution in [0.1, 0.15) is 31.0 Å². The van der Waals surface area contributed by atoms with Gasteiger partial charge < -0.3 is 9.72 Å². The summed E-state index contributed by atoms with van der Waals surface area (Å²) in [4.78, 5) is 19.0. The molecule has 1 saturated heterocycles. The maximum Gasteiger partial charge on any atom is 0.194 e. The number of pyridine rings is 1. The lowest BCUT2D eigenvalue weighted by molar-refractivity contribution is 0.176. The third kappa shape index (κ3) is 3.91. The summed E-state index contributed by atoms with van der Waals surface area (Å²) in [7, 11) is 0. The van der Waals surface area contributed by atoms with Crippen molar-refractivity contribution in [2.24, 2.45) is 5.92 Å². The van der Waals surface area contributed by atoms with Crippen molar-refractivity contribution in [3.8, 4) is 11.5 Å². The van der Waals surface area contributed by atoms with Crippen LogP contribution in [0.4, 0.5) is 0 Å². The number of nitrogens with one attached hydrogen (secondary N) is 1. The molecule has 1 aromatic heterocycles. The molecular weight excluding hydrogens is 336 g/mol. The van der Waals surface area contributed by atoms with Crippen molar-refractivity contribution in [3.05, 3.63) is 70.0 Å². The van der Waals surface area contributed by atoms with E-state index in [4.69, 9.17) is 4.74 Å². The topological polar surface area (TPSA) is 45.3 Å². The number of likely N-dealkylation sites (tertiary alicyclic amines) is 1. The van der Waals surface area contributed by atoms with E-state index in [2.05, 4.69) is 16.8 Å². The maximum atomic E-state index is 13.2. The van der Waals surface area contributed by atoms with Gasteiger partial charge >= 0.3 is 0 Å². The second kappa shape index (κ2) is 7.57. The molecule has 4 heteroatoms. The molecule has 4 rings (SSSR count). The first kappa shape index (κ1) is 17.8. The van der Waals surface area contributed by atoms with Crippen LogP contribution in [-0.2, 0) is 6.54 Å². The number of benzene rings is 2. The van der Waals surface area contributed by atoms with Crippen molar-refractivity contribution in [2.75, 3.05) is 13.1 Å². The average Bonchev–Trinajstić information content (AvgIpc) is 2.67. The fourth-order valence-corrected chi connectivity index (χ4v) is 3.96. The zero-order chi connectivity index (χ0) is 18.8. The first-order chi connectivity index (χ1) is 13.1. The van der Waals surface area contributed by atoms with Gasteiger partial charge in [0.15, 0.2) is 5.43 Å². The summed E-state index contributed by atoms with van der Waals surface area (Å²) in [6.07, 6.45) is 2.49. The minimum Gasteiger partial charge on any atom is -0.457 e. The average molecular weight is 362 g/mol. The maximum absolute atomic E-state index is 13.2. The first-order valence-corrected chi connectivity index (χ1v) is 9.71. The van der Waals surface area contributed by atoms with E-state index >= 15 is 0 Å². The van der Waals surface area contributed by atoms with E-state index in [-0.39, 0.29) is 5.43 Å². The SMILES string of the molecule is Cc1[nH]c2ccc(Oc3ccccc3)cc2c(=O)c1CN1CCCC(C)C1. The number of aromatic nitrogens is 1. The van der Waals surface area contributed by atoms with Crippen LogP contribution in [0.5, 0.6) is 11.5 Å². The Morgan fingerprint density at radius 3 is 2.74 bits per heavy atom. The minimum absolute atomic E-state index is 0.109. The Labute approximate surface area is 159 Å². The van der Waals surface area contributed by atoms with Crippen LogP contribution in [0.25, 0.3) is 10.9 Å². The van der Waals surface area contributed by atoms with Gasteiger partial charge in [0, 0.05) is 35.2 Å². The molecule has 0 aliphatic carbocycles. The Balaban J connectivity index is 1.67. The van der Waals surface area contributed by atoms with Gasteiger partial charge in [0.1, 0.15) is 11.5 Å². The van der Waals surface area contributed by atoms with Gasteiger partial charge in [-0.1, -0.05) is 25.1 Å². The molecule has 0 spiro atoms. The number of aryl methyl sites for hydroxylation is 1. The van der Waals surface area contributed by atoms with E-state index in [0.29, 0.717) is 23.6 Å². The number of ether oxygens (including phenoxy) is 1. The van der Waals surface area contributed by atoms with Crippen LogP contribution >= 0.6 is 0 Å². The molecule has 0 amide bonds. The van der Waals surface area contributed by atoms with E-state index in [0.717, 1.165) is 35.6 Å². The lowest BCUT2D eigenvalue weighted by Crippen LogP contribution is -2.35. The molecule has 1 atom stereocenters. The van der Waals surface area contributed by atoms with E-state index < -0.39 is 0 Å². The first-order valence-electron chi connectivity index (χ1n) is 9.71. The summed E-state index contributed by atoms with van der Waals surface area (Å²) in [5, 5.41) is 0.689. The summed E-state index contributed by atoms with van der Waals surface area (Å²) >= 11 is 0. The number of para-hydroxylation sites is 1. The molecule has 1 aliphatic rings. The van der Waals surface area contributed by atoms with Crippen molar-refractivity contribution < 1.29 is 4.74 Å². The summed E-state index contributed by atoms with van der Waals surface area (Å²) in [6.45, 7) is 7.13. The standard InChI is InChI=1S/C23H26N2O2/c1-16-7-6-12-25(14-16)15-21-17(2)24-22-11-10-19(13-20(22)23(21)26)27-18-8-4-3-5-9-18/h3-5,8-11,13,16H,6-7,12,14-15H2,1-2H3,(H,24,26). The fraction of sp³-hybridized carbons (Fsp3) is 0.348.